The van der Waals surface area contributed by atoms with E-state index in [0.29, 0.717) is 35.9 Å². The van der Waals surface area contributed by atoms with E-state index >= 15 is 0 Å². The molecule has 4 rings (SSSR count). The van der Waals surface area contributed by atoms with Gasteiger partial charge in [0.15, 0.2) is 5.13 Å². The van der Waals surface area contributed by atoms with Crippen LogP contribution >= 0.6 is 11.3 Å². The van der Waals surface area contributed by atoms with Gasteiger partial charge in [-0.25, -0.2) is 4.98 Å². The van der Waals surface area contributed by atoms with E-state index in [4.69, 9.17) is 10.5 Å². The number of ether oxygens (including phenoxy) is 1. The summed E-state index contributed by atoms with van der Waals surface area (Å²) in [6.45, 7) is 3.94. The molecule has 2 atom stereocenters. The molecule has 1 aromatic heterocycles. The molecule has 0 radical (unpaired) electrons. The minimum absolute atomic E-state index is 0.0803. The van der Waals surface area contributed by atoms with E-state index < -0.39 is 0 Å². The van der Waals surface area contributed by atoms with Gasteiger partial charge in [-0.05, 0) is 25.2 Å². The van der Waals surface area contributed by atoms with Crippen molar-refractivity contribution in [2.24, 2.45) is 5.92 Å². The zero-order chi connectivity index (χ0) is 14.4. The van der Waals surface area contributed by atoms with Crippen molar-refractivity contribution in [3.63, 3.8) is 0 Å². The van der Waals surface area contributed by atoms with Gasteiger partial charge in [-0.1, -0.05) is 11.3 Å². The average Bonchev–Trinajstić information content (AvgIpc) is 3.22. The molecule has 1 amide bonds. The Kier molecular flexibility index (Phi) is 3.26. The first-order chi connectivity index (χ1) is 10.2. The predicted octanol–water partition coefficient (Wildman–Crippen LogP) is 1.19. The molecule has 2 saturated heterocycles. The molecule has 3 fully saturated rings. The molecule has 2 unspecified atom stereocenters. The number of piperidine rings is 1. The number of hydrogen-bond acceptors (Lipinski definition) is 6. The van der Waals surface area contributed by atoms with Crippen LogP contribution in [-0.4, -0.2) is 54.7 Å². The molecule has 1 saturated carbocycles. The van der Waals surface area contributed by atoms with E-state index in [2.05, 4.69) is 9.88 Å². The fourth-order valence-corrected chi connectivity index (χ4v) is 4.66. The lowest BCUT2D eigenvalue weighted by atomic mass is 10.1. The molecule has 1 aliphatic carbocycles. The molecule has 2 bridgehead atoms. The Balaban J connectivity index is 1.54. The summed E-state index contributed by atoms with van der Waals surface area (Å²) in [5.41, 5.74) is 6.01. The fourth-order valence-electron chi connectivity index (χ4n) is 3.67. The maximum atomic E-state index is 12.7. The summed E-state index contributed by atoms with van der Waals surface area (Å²) in [4.78, 5) is 21.9. The summed E-state index contributed by atoms with van der Waals surface area (Å²) in [6.07, 6.45) is 3.58. The van der Waals surface area contributed by atoms with Crippen LogP contribution < -0.4 is 10.6 Å². The van der Waals surface area contributed by atoms with Crippen LogP contribution in [0.2, 0.25) is 0 Å². The minimum Gasteiger partial charge on any atom is -0.382 e. The number of likely N-dealkylation sites (tertiary alicyclic amines) is 1. The van der Waals surface area contributed by atoms with Crippen LogP contribution in [0.25, 0.3) is 0 Å². The van der Waals surface area contributed by atoms with Gasteiger partial charge >= 0.3 is 0 Å². The zero-order valence-electron chi connectivity index (χ0n) is 12.0. The molecule has 0 aromatic carbocycles. The Morgan fingerprint density at radius 1 is 1.33 bits per heavy atom. The number of hydrogen-bond donors (Lipinski definition) is 1. The monoisotopic (exact) mass is 308 g/mol. The number of nitrogens with two attached hydrogens (primary N) is 1. The highest BCUT2D eigenvalue weighted by Gasteiger charge is 2.41. The SMILES string of the molecule is Nc1nc(N2CCOCC2)sc1C(=O)N1CC2CCC1C2. The van der Waals surface area contributed by atoms with Gasteiger partial charge in [-0.15, -0.1) is 0 Å². The zero-order valence-corrected chi connectivity index (χ0v) is 12.8. The van der Waals surface area contributed by atoms with Crippen molar-refractivity contribution in [3.8, 4) is 0 Å². The molecule has 0 spiro atoms. The summed E-state index contributed by atoms with van der Waals surface area (Å²) in [5, 5.41) is 0.850. The van der Waals surface area contributed by atoms with Gasteiger partial charge in [0.2, 0.25) is 0 Å². The van der Waals surface area contributed by atoms with Gasteiger partial charge in [0, 0.05) is 25.7 Å². The van der Waals surface area contributed by atoms with E-state index in [0.717, 1.165) is 31.2 Å². The maximum Gasteiger partial charge on any atom is 0.268 e. The number of fused-ring (bicyclic) bond motifs is 2. The third kappa shape index (κ3) is 2.28. The van der Waals surface area contributed by atoms with Gasteiger partial charge in [0.1, 0.15) is 10.7 Å². The number of anilines is 2. The van der Waals surface area contributed by atoms with E-state index in [-0.39, 0.29) is 5.91 Å². The number of nitrogen functional groups attached to an aromatic ring is 1. The van der Waals surface area contributed by atoms with Crippen LogP contribution in [-0.2, 0) is 4.74 Å². The van der Waals surface area contributed by atoms with Gasteiger partial charge in [-0.2, -0.15) is 0 Å². The van der Waals surface area contributed by atoms with Crippen LogP contribution in [0.3, 0.4) is 0 Å². The first kappa shape index (κ1) is 13.3. The van der Waals surface area contributed by atoms with E-state index in [1.807, 2.05) is 4.90 Å². The lowest BCUT2D eigenvalue weighted by Crippen LogP contribution is -2.37. The van der Waals surface area contributed by atoms with Crippen molar-refractivity contribution in [3.05, 3.63) is 4.88 Å². The second-order valence-electron chi connectivity index (χ2n) is 6.10. The smallest absolute Gasteiger partial charge is 0.268 e. The van der Waals surface area contributed by atoms with Crippen LogP contribution in [0.4, 0.5) is 10.9 Å². The molecule has 114 valence electrons. The Morgan fingerprint density at radius 2 is 2.14 bits per heavy atom. The Morgan fingerprint density at radius 3 is 2.81 bits per heavy atom. The van der Waals surface area contributed by atoms with Crippen molar-refractivity contribution in [1.82, 2.24) is 9.88 Å². The predicted molar refractivity (Wildman–Crippen MR) is 81.7 cm³/mol. The fraction of sp³-hybridized carbons (Fsp3) is 0.714. The maximum absolute atomic E-state index is 12.7. The third-order valence-corrected chi connectivity index (χ3v) is 5.91. The molecular weight excluding hydrogens is 288 g/mol. The normalized spacial score (nSPS) is 28.4. The Labute approximate surface area is 127 Å². The second-order valence-corrected chi connectivity index (χ2v) is 7.08. The van der Waals surface area contributed by atoms with Crippen molar-refractivity contribution in [2.75, 3.05) is 43.5 Å². The van der Waals surface area contributed by atoms with Crippen LogP contribution in [0.15, 0.2) is 0 Å². The van der Waals surface area contributed by atoms with E-state index in [9.17, 15) is 4.79 Å². The quantitative estimate of drug-likeness (QED) is 0.888. The van der Waals surface area contributed by atoms with Gasteiger partial charge in [0.25, 0.3) is 5.91 Å². The molecule has 3 aliphatic rings. The Bertz CT molecular complexity index is 555. The number of carbonyl (C=O) groups is 1. The van der Waals surface area contributed by atoms with Gasteiger partial charge < -0.3 is 20.3 Å². The third-order valence-electron chi connectivity index (χ3n) is 4.79. The van der Waals surface area contributed by atoms with Gasteiger partial charge in [-0.3, -0.25) is 4.79 Å². The summed E-state index contributed by atoms with van der Waals surface area (Å²) >= 11 is 1.43. The number of aromatic nitrogens is 1. The molecule has 6 nitrogen and oxygen atoms in total. The summed E-state index contributed by atoms with van der Waals surface area (Å²) < 4.78 is 5.35. The number of carbonyl (C=O) groups excluding carboxylic acids is 1. The van der Waals surface area contributed by atoms with Crippen LogP contribution in [0, 0.1) is 5.92 Å². The summed E-state index contributed by atoms with van der Waals surface area (Å²) in [7, 11) is 0. The highest BCUT2D eigenvalue weighted by Crippen LogP contribution is 2.39. The molecule has 1 aromatic rings. The largest absolute Gasteiger partial charge is 0.382 e. The number of amides is 1. The van der Waals surface area contributed by atoms with Crippen LogP contribution in [0.1, 0.15) is 28.9 Å². The molecule has 7 heteroatoms. The van der Waals surface area contributed by atoms with Crippen molar-refractivity contribution >= 4 is 28.2 Å². The minimum atomic E-state index is 0.0803. The van der Waals surface area contributed by atoms with Crippen molar-refractivity contribution < 1.29 is 9.53 Å². The topological polar surface area (TPSA) is 71.7 Å². The van der Waals surface area contributed by atoms with Crippen molar-refractivity contribution in [2.45, 2.75) is 25.3 Å². The molecular formula is C14H20N4O2S. The number of thiazole rings is 1. The highest BCUT2D eigenvalue weighted by atomic mass is 32.1. The summed E-state index contributed by atoms with van der Waals surface area (Å²) in [6, 6.07) is 0.427. The van der Waals surface area contributed by atoms with Crippen LogP contribution in [0.5, 0.6) is 0 Å². The summed E-state index contributed by atoms with van der Waals surface area (Å²) in [5.74, 6) is 1.16. The second kappa shape index (κ2) is 5.14. The number of nitrogens with zero attached hydrogens (tertiary/aromatic N) is 3. The lowest BCUT2D eigenvalue weighted by molar-refractivity contribution is 0.0709. The standard InChI is InChI=1S/C14H20N4O2S/c15-12-11(13(19)18-8-9-1-2-10(18)7-9)21-14(16-12)17-3-5-20-6-4-17/h9-10H,1-8,15H2. The van der Waals surface area contributed by atoms with E-state index in [1.165, 1.54) is 24.2 Å². The van der Waals surface area contributed by atoms with Crippen molar-refractivity contribution in [1.29, 1.82) is 0 Å². The molecule has 2 N–H and O–H groups in total. The highest BCUT2D eigenvalue weighted by molar-refractivity contribution is 7.18. The Hall–Kier alpha value is -1.34. The molecule has 3 heterocycles. The van der Waals surface area contributed by atoms with Gasteiger partial charge in [0.05, 0.1) is 13.2 Å². The first-order valence-electron chi connectivity index (χ1n) is 7.62. The first-order valence-corrected chi connectivity index (χ1v) is 8.44. The number of morpholine rings is 1. The number of rotatable bonds is 2. The molecule has 21 heavy (non-hydrogen) atoms. The van der Waals surface area contributed by atoms with E-state index in [1.54, 1.807) is 0 Å². The molecule has 2 aliphatic heterocycles. The average molecular weight is 308 g/mol. The lowest BCUT2D eigenvalue weighted by Gasteiger charge is -2.27.